The molecule has 21 heavy (non-hydrogen) atoms. The van der Waals surface area contributed by atoms with Crippen molar-refractivity contribution in [3.05, 3.63) is 28.3 Å². The minimum atomic E-state index is -0.822. The summed E-state index contributed by atoms with van der Waals surface area (Å²) in [6, 6.07) is 4.38. The molecule has 1 aliphatic rings. The Balaban J connectivity index is 2.15. The minimum Gasteiger partial charge on any atom is -0.494 e. The summed E-state index contributed by atoms with van der Waals surface area (Å²) in [6.07, 6.45) is 2.15. The minimum absolute atomic E-state index is 0.0820. The first-order chi connectivity index (χ1) is 9.97. The van der Waals surface area contributed by atoms with Gasteiger partial charge in [0.05, 0.1) is 23.0 Å². The van der Waals surface area contributed by atoms with Gasteiger partial charge in [-0.1, -0.05) is 6.42 Å². The third kappa shape index (κ3) is 3.24. The number of nitro benzene ring substituents is 1. The predicted octanol–water partition coefficient (Wildman–Crippen LogP) is 2.66. The van der Waals surface area contributed by atoms with Crippen molar-refractivity contribution < 1.29 is 19.6 Å². The number of nitrogens with zero attached hydrogens (tertiary/aromatic N) is 1. The maximum absolute atomic E-state index is 11.3. The molecule has 0 atom stereocenters. The number of ether oxygens (including phenoxy) is 1. The van der Waals surface area contributed by atoms with Crippen LogP contribution < -0.4 is 10.1 Å². The number of carbonyl (C=O) groups is 1. The van der Waals surface area contributed by atoms with Crippen LogP contribution in [0.15, 0.2) is 18.2 Å². The molecule has 0 aromatic heterocycles. The third-order valence-corrected chi connectivity index (χ3v) is 3.81. The molecule has 1 aromatic rings. The summed E-state index contributed by atoms with van der Waals surface area (Å²) in [5, 5.41) is 23.2. The molecule has 0 aliphatic heterocycles. The van der Waals surface area contributed by atoms with Crippen LogP contribution in [0.25, 0.3) is 0 Å². The van der Waals surface area contributed by atoms with Crippen molar-refractivity contribution in [1.29, 1.82) is 0 Å². The summed E-state index contributed by atoms with van der Waals surface area (Å²) >= 11 is 0. The average molecular weight is 294 g/mol. The molecule has 1 aromatic carbocycles. The van der Waals surface area contributed by atoms with Gasteiger partial charge in [-0.25, -0.2) is 0 Å². The fraction of sp³-hybridized carbons (Fsp3) is 0.500. The van der Waals surface area contributed by atoms with Crippen LogP contribution in [0.1, 0.15) is 26.2 Å². The average Bonchev–Trinajstić information content (AvgIpc) is 2.37. The topological polar surface area (TPSA) is 102 Å². The van der Waals surface area contributed by atoms with E-state index in [0.717, 1.165) is 6.42 Å². The Hall–Kier alpha value is -2.31. The van der Waals surface area contributed by atoms with Crippen molar-refractivity contribution in [3.63, 3.8) is 0 Å². The third-order valence-electron chi connectivity index (χ3n) is 3.81. The lowest BCUT2D eigenvalue weighted by atomic mass is 9.69. The second kappa shape index (κ2) is 5.99. The van der Waals surface area contributed by atoms with Gasteiger partial charge < -0.3 is 15.2 Å². The van der Waals surface area contributed by atoms with Gasteiger partial charge >= 0.3 is 5.97 Å². The Bertz CT molecular complexity index is 554. The monoisotopic (exact) mass is 294 g/mol. The molecular weight excluding hydrogens is 276 g/mol. The van der Waals surface area contributed by atoms with Crippen LogP contribution in [-0.2, 0) is 4.79 Å². The molecule has 0 bridgehead atoms. The number of hydrogen-bond acceptors (Lipinski definition) is 5. The van der Waals surface area contributed by atoms with Crippen LogP contribution in [0.2, 0.25) is 0 Å². The highest BCUT2D eigenvalue weighted by atomic mass is 16.6. The normalized spacial score (nSPS) is 15.9. The number of rotatable bonds is 7. The van der Waals surface area contributed by atoms with Crippen LogP contribution in [0.5, 0.6) is 5.75 Å². The standard InChI is InChI=1S/C14H18N2O5/c1-2-21-12-7-10(6-11(8-12)16(19)20)15-9-14(13(17)18)4-3-5-14/h6-8,15H,2-5,9H2,1H3,(H,17,18). The molecule has 0 radical (unpaired) electrons. The van der Waals surface area contributed by atoms with Gasteiger partial charge in [-0.15, -0.1) is 0 Å². The number of anilines is 1. The Morgan fingerprint density at radius 3 is 2.67 bits per heavy atom. The van der Waals surface area contributed by atoms with E-state index in [2.05, 4.69) is 5.32 Å². The Morgan fingerprint density at radius 1 is 1.48 bits per heavy atom. The maximum Gasteiger partial charge on any atom is 0.311 e. The van der Waals surface area contributed by atoms with Gasteiger partial charge in [-0.3, -0.25) is 14.9 Å². The Kier molecular flexibility index (Phi) is 4.30. The van der Waals surface area contributed by atoms with Crippen molar-refractivity contribution >= 4 is 17.3 Å². The van der Waals surface area contributed by atoms with E-state index in [1.54, 1.807) is 13.0 Å². The van der Waals surface area contributed by atoms with Crippen molar-refractivity contribution in [2.75, 3.05) is 18.5 Å². The molecule has 7 heteroatoms. The first-order valence-corrected chi connectivity index (χ1v) is 6.86. The summed E-state index contributed by atoms with van der Waals surface area (Å²) in [7, 11) is 0. The van der Waals surface area contributed by atoms with Gasteiger partial charge in [0.25, 0.3) is 5.69 Å². The molecule has 7 nitrogen and oxygen atoms in total. The van der Waals surface area contributed by atoms with E-state index in [-0.39, 0.29) is 12.2 Å². The van der Waals surface area contributed by atoms with Crippen molar-refractivity contribution in [2.24, 2.45) is 5.41 Å². The molecule has 1 saturated carbocycles. The van der Waals surface area contributed by atoms with Gasteiger partial charge in [0.15, 0.2) is 0 Å². The van der Waals surface area contributed by atoms with E-state index in [0.29, 0.717) is 30.9 Å². The van der Waals surface area contributed by atoms with Crippen molar-refractivity contribution in [2.45, 2.75) is 26.2 Å². The molecule has 1 aliphatic carbocycles. The first-order valence-electron chi connectivity index (χ1n) is 6.86. The lowest BCUT2D eigenvalue weighted by molar-refractivity contribution is -0.384. The van der Waals surface area contributed by atoms with E-state index in [9.17, 15) is 20.0 Å². The van der Waals surface area contributed by atoms with Gasteiger partial charge in [-0.2, -0.15) is 0 Å². The van der Waals surface area contributed by atoms with E-state index in [1.165, 1.54) is 12.1 Å². The van der Waals surface area contributed by atoms with Gasteiger partial charge in [-0.05, 0) is 19.8 Å². The number of benzene rings is 1. The van der Waals surface area contributed by atoms with Crippen molar-refractivity contribution in [1.82, 2.24) is 0 Å². The number of nitrogens with one attached hydrogen (secondary N) is 1. The molecule has 2 N–H and O–H groups in total. The molecule has 1 fully saturated rings. The SMILES string of the molecule is CCOc1cc(NCC2(C(=O)O)CCC2)cc([N+](=O)[O-])c1. The number of non-ortho nitro benzene ring substituents is 1. The zero-order valence-corrected chi connectivity index (χ0v) is 11.8. The summed E-state index contributed by atoms with van der Waals surface area (Å²) in [6.45, 7) is 2.45. The van der Waals surface area contributed by atoms with E-state index in [1.807, 2.05) is 0 Å². The summed E-state index contributed by atoms with van der Waals surface area (Å²) in [5.41, 5.74) is -0.335. The number of carboxylic acids is 1. The molecule has 0 heterocycles. The zero-order valence-electron chi connectivity index (χ0n) is 11.8. The first kappa shape index (κ1) is 15.1. The highest BCUT2D eigenvalue weighted by molar-refractivity contribution is 5.76. The molecule has 0 unspecified atom stereocenters. The molecule has 2 rings (SSSR count). The quantitative estimate of drug-likeness (QED) is 0.592. The summed E-state index contributed by atoms with van der Waals surface area (Å²) in [4.78, 5) is 21.7. The lowest BCUT2D eigenvalue weighted by Crippen LogP contribution is -2.43. The second-order valence-corrected chi connectivity index (χ2v) is 5.20. The van der Waals surface area contributed by atoms with Crippen molar-refractivity contribution in [3.8, 4) is 5.75 Å². The van der Waals surface area contributed by atoms with Gasteiger partial charge in [0.2, 0.25) is 0 Å². The molecule has 0 spiro atoms. The fourth-order valence-electron chi connectivity index (χ4n) is 2.38. The Morgan fingerprint density at radius 2 is 2.19 bits per heavy atom. The molecule has 0 saturated heterocycles. The van der Waals surface area contributed by atoms with E-state index in [4.69, 9.17) is 4.74 Å². The van der Waals surface area contributed by atoms with Gasteiger partial charge in [0, 0.05) is 24.4 Å². The number of aliphatic carboxylic acids is 1. The predicted molar refractivity (Wildman–Crippen MR) is 76.7 cm³/mol. The van der Waals surface area contributed by atoms with E-state index >= 15 is 0 Å². The summed E-state index contributed by atoms with van der Waals surface area (Å²) < 4.78 is 5.30. The molecule has 0 amide bonds. The summed E-state index contributed by atoms with van der Waals surface area (Å²) in [5.74, 6) is -0.427. The van der Waals surface area contributed by atoms with Crippen LogP contribution in [0.3, 0.4) is 0 Å². The maximum atomic E-state index is 11.3. The zero-order chi connectivity index (χ0) is 15.5. The van der Waals surface area contributed by atoms with Crippen LogP contribution in [0.4, 0.5) is 11.4 Å². The number of nitro groups is 1. The largest absolute Gasteiger partial charge is 0.494 e. The fourth-order valence-corrected chi connectivity index (χ4v) is 2.38. The Labute approximate surface area is 122 Å². The highest BCUT2D eigenvalue weighted by Gasteiger charge is 2.44. The lowest BCUT2D eigenvalue weighted by Gasteiger charge is -2.37. The van der Waals surface area contributed by atoms with Crippen LogP contribution >= 0.6 is 0 Å². The smallest absolute Gasteiger partial charge is 0.311 e. The number of carboxylic acid groups (broad SMARTS) is 1. The molecule has 114 valence electrons. The number of hydrogen-bond donors (Lipinski definition) is 2. The second-order valence-electron chi connectivity index (χ2n) is 5.20. The van der Waals surface area contributed by atoms with Crippen LogP contribution in [0, 0.1) is 15.5 Å². The van der Waals surface area contributed by atoms with Crippen LogP contribution in [-0.4, -0.2) is 29.2 Å². The molecular formula is C14H18N2O5. The van der Waals surface area contributed by atoms with Gasteiger partial charge in [0.1, 0.15) is 5.75 Å². The highest BCUT2D eigenvalue weighted by Crippen LogP contribution is 2.41. The van der Waals surface area contributed by atoms with E-state index < -0.39 is 16.3 Å².